The summed E-state index contributed by atoms with van der Waals surface area (Å²) in [4.78, 5) is 24.2. The second-order valence-corrected chi connectivity index (χ2v) is 6.47. The molecule has 0 spiro atoms. The maximum absolute atomic E-state index is 12.7. The largest absolute Gasteiger partial charge is 0.463 e. The van der Waals surface area contributed by atoms with Crippen LogP contribution in [0, 0.1) is 0 Å². The van der Waals surface area contributed by atoms with E-state index >= 15 is 0 Å². The fourth-order valence-electron chi connectivity index (χ4n) is 2.08. The first-order valence-corrected chi connectivity index (χ1v) is 9.02. The Labute approximate surface area is 163 Å². The smallest absolute Gasteiger partial charge is 0.363 e. The fourth-order valence-corrected chi connectivity index (χ4v) is 2.98. The molecule has 0 amide bonds. The molecule has 1 heterocycles. The average molecular weight is 450 g/mol. The zero-order valence-electron chi connectivity index (χ0n) is 13.5. The SMILES string of the molecule is CCOC(=O)C(Cl)Oc1ccc(C(=O)c2c(Br)cnn2CC)c(Cl)c1. The maximum Gasteiger partial charge on any atom is 0.363 e. The number of alkyl halides is 1. The van der Waals surface area contributed by atoms with Gasteiger partial charge in [-0.1, -0.05) is 23.2 Å². The van der Waals surface area contributed by atoms with Crippen molar-refractivity contribution in [1.29, 1.82) is 0 Å². The van der Waals surface area contributed by atoms with Crippen LogP contribution in [-0.2, 0) is 16.1 Å². The van der Waals surface area contributed by atoms with Crippen molar-refractivity contribution in [1.82, 2.24) is 9.78 Å². The fraction of sp³-hybridized carbons (Fsp3) is 0.312. The van der Waals surface area contributed by atoms with Crippen LogP contribution in [0.4, 0.5) is 0 Å². The lowest BCUT2D eigenvalue weighted by Crippen LogP contribution is -2.23. The lowest BCUT2D eigenvalue weighted by molar-refractivity contribution is -0.147. The summed E-state index contributed by atoms with van der Waals surface area (Å²) in [6, 6.07) is 4.44. The number of esters is 1. The van der Waals surface area contributed by atoms with E-state index in [0.29, 0.717) is 16.7 Å². The van der Waals surface area contributed by atoms with Crippen LogP contribution >= 0.6 is 39.1 Å². The molecule has 0 bridgehead atoms. The minimum Gasteiger partial charge on any atom is -0.463 e. The molecule has 1 atom stereocenters. The summed E-state index contributed by atoms with van der Waals surface area (Å²) in [5.41, 5.74) is -0.611. The Morgan fingerprint density at radius 1 is 1.36 bits per heavy atom. The maximum atomic E-state index is 12.7. The van der Waals surface area contributed by atoms with Crippen LogP contribution in [0.2, 0.25) is 5.02 Å². The molecule has 25 heavy (non-hydrogen) atoms. The van der Waals surface area contributed by atoms with Crippen molar-refractivity contribution in [2.24, 2.45) is 0 Å². The molecule has 0 saturated carbocycles. The minimum atomic E-state index is -1.30. The van der Waals surface area contributed by atoms with Crippen LogP contribution in [0.3, 0.4) is 0 Å². The third-order valence-corrected chi connectivity index (χ3v) is 4.37. The van der Waals surface area contributed by atoms with E-state index in [1.807, 2.05) is 6.92 Å². The standard InChI is InChI=1S/C16H15BrCl2N2O4/c1-3-21-13(11(17)8-20-21)14(22)10-6-5-9(7-12(10)18)25-15(19)16(23)24-4-2/h5-8,15H,3-4H2,1-2H3. The molecule has 134 valence electrons. The van der Waals surface area contributed by atoms with Gasteiger partial charge in [0, 0.05) is 12.1 Å². The van der Waals surface area contributed by atoms with E-state index in [2.05, 4.69) is 21.0 Å². The Balaban J connectivity index is 2.23. The van der Waals surface area contributed by atoms with Crippen LogP contribution < -0.4 is 4.74 Å². The Kier molecular flexibility index (Phi) is 6.87. The highest BCUT2D eigenvalue weighted by atomic mass is 79.9. The monoisotopic (exact) mass is 448 g/mol. The zero-order chi connectivity index (χ0) is 18.6. The number of aryl methyl sites for hydroxylation is 1. The van der Waals surface area contributed by atoms with E-state index in [9.17, 15) is 9.59 Å². The number of hydrogen-bond acceptors (Lipinski definition) is 5. The number of aromatic nitrogens is 2. The number of nitrogens with zero attached hydrogens (tertiary/aromatic N) is 2. The second kappa shape index (κ2) is 8.69. The predicted molar refractivity (Wildman–Crippen MR) is 97.4 cm³/mol. The van der Waals surface area contributed by atoms with Gasteiger partial charge in [0.2, 0.25) is 5.78 Å². The molecular formula is C16H15BrCl2N2O4. The molecule has 0 aliphatic rings. The predicted octanol–water partition coefficient (Wildman–Crippen LogP) is 4.06. The van der Waals surface area contributed by atoms with Crippen LogP contribution in [0.5, 0.6) is 5.75 Å². The molecule has 6 nitrogen and oxygen atoms in total. The summed E-state index contributed by atoms with van der Waals surface area (Å²) < 4.78 is 12.2. The lowest BCUT2D eigenvalue weighted by Gasteiger charge is -2.13. The van der Waals surface area contributed by atoms with Crippen LogP contribution in [0.1, 0.15) is 29.9 Å². The van der Waals surface area contributed by atoms with Crippen molar-refractivity contribution < 1.29 is 19.1 Å². The molecule has 9 heteroatoms. The zero-order valence-corrected chi connectivity index (χ0v) is 16.6. The Morgan fingerprint density at radius 2 is 2.08 bits per heavy atom. The summed E-state index contributed by atoms with van der Waals surface area (Å²) in [7, 11) is 0. The number of benzene rings is 1. The van der Waals surface area contributed by atoms with Crippen LogP contribution in [-0.4, -0.2) is 33.7 Å². The van der Waals surface area contributed by atoms with Crippen LogP contribution in [0.15, 0.2) is 28.9 Å². The van der Waals surface area contributed by atoms with E-state index in [4.69, 9.17) is 32.7 Å². The van der Waals surface area contributed by atoms with E-state index in [0.717, 1.165) is 0 Å². The van der Waals surface area contributed by atoms with Gasteiger partial charge < -0.3 is 9.47 Å². The molecule has 1 unspecified atom stereocenters. The first-order valence-electron chi connectivity index (χ1n) is 7.41. The molecule has 0 fully saturated rings. The highest BCUT2D eigenvalue weighted by molar-refractivity contribution is 9.10. The van der Waals surface area contributed by atoms with Gasteiger partial charge in [-0.25, -0.2) is 4.79 Å². The van der Waals surface area contributed by atoms with E-state index in [1.54, 1.807) is 17.8 Å². The van der Waals surface area contributed by atoms with Gasteiger partial charge in [0.25, 0.3) is 5.56 Å². The molecule has 0 saturated heterocycles. The highest BCUT2D eigenvalue weighted by Gasteiger charge is 2.22. The van der Waals surface area contributed by atoms with Gasteiger partial charge in [-0.05, 0) is 48.0 Å². The Morgan fingerprint density at radius 3 is 2.68 bits per heavy atom. The first-order chi connectivity index (χ1) is 11.9. The van der Waals surface area contributed by atoms with Crippen molar-refractivity contribution in [2.45, 2.75) is 26.0 Å². The summed E-state index contributed by atoms with van der Waals surface area (Å²) in [5, 5.41) is 4.29. The quantitative estimate of drug-likeness (QED) is 0.362. The van der Waals surface area contributed by atoms with Crippen molar-refractivity contribution in [3.63, 3.8) is 0 Å². The third-order valence-electron chi connectivity index (χ3n) is 3.21. The van der Waals surface area contributed by atoms with Crippen LogP contribution in [0.25, 0.3) is 0 Å². The molecule has 1 aromatic carbocycles. The normalized spacial score (nSPS) is 11.9. The molecule has 0 aliphatic carbocycles. The third kappa shape index (κ3) is 4.54. The van der Waals surface area contributed by atoms with Gasteiger partial charge in [0.15, 0.2) is 0 Å². The van der Waals surface area contributed by atoms with E-state index in [-0.39, 0.29) is 28.7 Å². The van der Waals surface area contributed by atoms with Gasteiger partial charge in [-0.3, -0.25) is 9.48 Å². The summed E-state index contributed by atoms with van der Waals surface area (Å²) in [6.07, 6.45) is 1.56. The summed E-state index contributed by atoms with van der Waals surface area (Å²) in [5.74, 6) is -0.732. The first kappa shape index (κ1) is 19.8. The number of carbonyl (C=O) groups excluding carboxylic acids is 2. The van der Waals surface area contributed by atoms with Gasteiger partial charge in [-0.2, -0.15) is 5.10 Å². The number of rotatable bonds is 7. The minimum absolute atomic E-state index is 0.172. The average Bonchev–Trinajstić information content (AvgIpc) is 2.95. The molecule has 0 radical (unpaired) electrons. The van der Waals surface area contributed by atoms with Gasteiger partial charge in [0.05, 0.1) is 22.3 Å². The molecule has 0 aliphatic heterocycles. The van der Waals surface area contributed by atoms with Crippen molar-refractivity contribution >= 4 is 50.9 Å². The number of hydrogen-bond donors (Lipinski definition) is 0. The molecular weight excluding hydrogens is 435 g/mol. The van der Waals surface area contributed by atoms with E-state index in [1.165, 1.54) is 18.2 Å². The van der Waals surface area contributed by atoms with Gasteiger partial charge >= 0.3 is 5.97 Å². The number of halogens is 3. The Hall–Kier alpha value is -1.57. The highest BCUT2D eigenvalue weighted by Crippen LogP contribution is 2.28. The summed E-state index contributed by atoms with van der Waals surface area (Å²) >= 11 is 15.3. The van der Waals surface area contributed by atoms with Crippen molar-refractivity contribution in [2.75, 3.05) is 6.61 Å². The molecule has 0 N–H and O–H groups in total. The lowest BCUT2D eigenvalue weighted by atomic mass is 10.1. The van der Waals surface area contributed by atoms with E-state index < -0.39 is 11.5 Å². The molecule has 2 rings (SSSR count). The molecule has 1 aromatic heterocycles. The number of carbonyl (C=O) groups is 2. The summed E-state index contributed by atoms with van der Waals surface area (Å²) in [6.45, 7) is 4.28. The second-order valence-electron chi connectivity index (χ2n) is 4.81. The topological polar surface area (TPSA) is 70.4 Å². The molecule has 2 aromatic rings. The van der Waals surface area contributed by atoms with Crippen molar-refractivity contribution in [3.8, 4) is 5.75 Å². The van der Waals surface area contributed by atoms with Crippen molar-refractivity contribution in [3.05, 3.63) is 45.1 Å². The van der Waals surface area contributed by atoms with Gasteiger partial charge in [-0.15, -0.1) is 0 Å². The number of ketones is 1. The van der Waals surface area contributed by atoms with Gasteiger partial charge in [0.1, 0.15) is 11.4 Å². The Bertz CT molecular complexity index is 794. The number of ether oxygens (including phenoxy) is 2.